The second-order valence-corrected chi connectivity index (χ2v) is 3.97. The van der Waals surface area contributed by atoms with Crippen molar-refractivity contribution in [3.63, 3.8) is 0 Å². The van der Waals surface area contributed by atoms with Crippen LogP contribution >= 0.6 is 0 Å². The number of methoxy groups -OCH3 is 1. The van der Waals surface area contributed by atoms with Gasteiger partial charge < -0.3 is 10.5 Å². The van der Waals surface area contributed by atoms with Gasteiger partial charge in [-0.15, -0.1) is 5.10 Å². The van der Waals surface area contributed by atoms with Crippen molar-refractivity contribution in [2.75, 3.05) is 7.11 Å². The zero-order chi connectivity index (χ0) is 10.7. The zero-order valence-corrected chi connectivity index (χ0v) is 9.15. The Bertz CT molecular complexity index is 296. The van der Waals surface area contributed by atoms with Crippen LogP contribution in [0.4, 0.5) is 0 Å². The van der Waals surface area contributed by atoms with Crippen molar-refractivity contribution in [2.24, 2.45) is 5.73 Å². The normalized spacial score (nSPS) is 18.0. The summed E-state index contributed by atoms with van der Waals surface area (Å²) in [5.74, 6) is 0.832. The van der Waals surface area contributed by atoms with E-state index in [0.717, 1.165) is 5.82 Å². The molecule has 84 valence electrons. The molecule has 1 aliphatic rings. The summed E-state index contributed by atoms with van der Waals surface area (Å²) in [4.78, 5) is 0. The average Bonchev–Trinajstić information content (AvgIpc) is 2.72. The third-order valence-electron chi connectivity index (χ3n) is 3.04. The average molecular weight is 210 g/mol. The fourth-order valence-electron chi connectivity index (χ4n) is 2.29. The molecule has 0 saturated heterocycles. The highest BCUT2D eigenvalue weighted by molar-refractivity contribution is 5.03. The third-order valence-corrected chi connectivity index (χ3v) is 3.04. The van der Waals surface area contributed by atoms with E-state index in [1.165, 1.54) is 32.1 Å². The molecule has 0 amide bonds. The van der Waals surface area contributed by atoms with E-state index >= 15 is 0 Å². The lowest BCUT2D eigenvalue weighted by Crippen LogP contribution is -2.18. The summed E-state index contributed by atoms with van der Waals surface area (Å²) in [6.45, 7) is 0.423. The van der Waals surface area contributed by atoms with Crippen LogP contribution in [0.1, 0.15) is 44.0 Å². The molecule has 0 atom stereocenters. The number of aromatic nitrogens is 3. The van der Waals surface area contributed by atoms with Crippen molar-refractivity contribution in [1.82, 2.24) is 14.8 Å². The van der Waals surface area contributed by atoms with E-state index in [0.29, 0.717) is 18.6 Å². The number of hydrogen-bond acceptors (Lipinski definition) is 4. The van der Waals surface area contributed by atoms with Crippen molar-refractivity contribution in [3.05, 3.63) is 5.82 Å². The van der Waals surface area contributed by atoms with Gasteiger partial charge in [-0.3, -0.25) is 4.57 Å². The van der Waals surface area contributed by atoms with Gasteiger partial charge in [-0.2, -0.15) is 0 Å². The minimum atomic E-state index is 0.423. The van der Waals surface area contributed by atoms with Crippen LogP contribution < -0.4 is 10.5 Å². The van der Waals surface area contributed by atoms with Crippen molar-refractivity contribution in [1.29, 1.82) is 0 Å². The Kier molecular flexibility index (Phi) is 3.20. The van der Waals surface area contributed by atoms with Gasteiger partial charge in [0.2, 0.25) is 0 Å². The highest BCUT2D eigenvalue weighted by Crippen LogP contribution is 2.31. The maximum atomic E-state index is 5.65. The molecular weight excluding hydrogens is 192 g/mol. The summed E-state index contributed by atoms with van der Waals surface area (Å²) in [6.07, 6.45) is 6.24. The Hall–Kier alpha value is -1.10. The lowest BCUT2D eigenvalue weighted by molar-refractivity contribution is 0.289. The summed E-state index contributed by atoms with van der Waals surface area (Å²) in [5, 5.41) is 8.04. The van der Waals surface area contributed by atoms with E-state index in [2.05, 4.69) is 14.8 Å². The van der Waals surface area contributed by atoms with Gasteiger partial charge in [0.25, 0.3) is 0 Å². The quantitative estimate of drug-likeness (QED) is 0.815. The molecule has 0 aliphatic heterocycles. The van der Waals surface area contributed by atoms with E-state index in [9.17, 15) is 0 Å². The number of nitrogens with zero attached hydrogens (tertiary/aromatic N) is 3. The highest BCUT2D eigenvalue weighted by atomic mass is 16.5. The van der Waals surface area contributed by atoms with Crippen molar-refractivity contribution in [3.8, 4) is 6.01 Å². The van der Waals surface area contributed by atoms with Crippen LogP contribution in [0, 0.1) is 0 Å². The number of nitrogens with two attached hydrogens (primary N) is 1. The van der Waals surface area contributed by atoms with E-state index in [-0.39, 0.29) is 0 Å². The predicted molar refractivity (Wildman–Crippen MR) is 56.6 cm³/mol. The minimum absolute atomic E-state index is 0.423. The second-order valence-electron chi connectivity index (χ2n) is 3.97. The van der Waals surface area contributed by atoms with Crippen molar-refractivity contribution in [2.45, 2.75) is 44.7 Å². The fourth-order valence-corrected chi connectivity index (χ4v) is 2.29. The molecule has 1 saturated carbocycles. The monoisotopic (exact) mass is 210 g/mol. The molecule has 1 aromatic heterocycles. The topological polar surface area (TPSA) is 66.0 Å². The molecule has 15 heavy (non-hydrogen) atoms. The lowest BCUT2D eigenvalue weighted by atomic mass is 9.95. The summed E-state index contributed by atoms with van der Waals surface area (Å²) in [6, 6.07) is 1.07. The van der Waals surface area contributed by atoms with E-state index in [1.54, 1.807) is 7.11 Å². The maximum Gasteiger partial charge on any atom is 0.316 e. The SMILES string of the molecule is COc1nnc(CN)n1C1CCCCC1. The number of ether oxygens (including phenoxy) is 1. The van der Waals surface area contributed by atoms with Gasteiger partial charge >= 0.3 is 6.01 Å². The molecule has 0 bridgehead atoms. The van der Waals surface area contributed by atoms with E-state index in [4.69, 9.17) is 10.5 Å². The fraction of sp³-hybridized carbons (Fsp3) is 0.800. The molecule has 1 aromatic rings. The first-order valence-corrected chi connectivity index (χ1v) is 5.54. The molecular formula is C10H18N4O. The number of hydrogen-bond donors (Lipinski definition) is 1. The molecule has 0 aromatic carbocycles. The van der Waals surface area contributed by atoms with Crippen LogP contribution in [-0.4, -0.2) is 21.9 Å². The molecule has 2 rings (SSSR count). The third kappa shape index (κ3) is 1.97. The van der Waals surface area contributed by atoms with Crippen LogP contribution in [0.5, 0.6) is 6.01 Å². The van der Waals surface area contributed by atoms with Crippen LogP contribution in [0.3, 0.4) is 0 Å². The Morgan fingerprint density at radius 1 is 1.33 bits per heavy atom. The molecule has 1 heterocycles. The summed E-state index contributed by atoms with van der Waals surface area (Å²) < 4.78 is 7.28. The van der Waals surface area contributed by atoms with Gasteiger partial charge in [0.1, 0.15) is 5.82 Å². The van der Waals surface area contributed by atoms with E-state index in [1.807, 2.05) is 0 Å². The molecule has 1 fully saturated rings. The smallest absolute Gasteiger partial charge is 0.316 e. The predicted octanol–water partition coefficient (Wildman–Crippen LogP) is 1.25. The Morgan fingerprint density at radius 2 is 2.07 bits per heavy atom. The molecule has 0 spiro atoms. The van der Waals surface area contributed by atoms with E-state index < -0.39 is 0 Å². The molecule has 0 unspecified atom stereocenters. The molecule has 1 aliphatic carbocycles. The largest absolute Gasteiger partial charge is 0.467 e. The summed E-state index contributed by atoms with van der Waals surface area (Å²) in [7, 11) is 1.63. The first-order valence-electron chi connectivity index (χ1n) is 5.54. The van der Waals surface area contributed by atoms with Crippen LogP contribution in [0.25, 0.3) is 0 Å². The first kappa shape index (κ1) is 10.4. The van der Waals surface area contributed by atoms with Gasteiger partial charge in [-0.05, 0) is 12.8 Å². The number of rotatable bonds is 3. The van der Waals surface area contributed by atoms with Crippen LogP contribution in [0.2, 0.25) is 0 Å². The Labute approximate surface area is 89.6 Å². The van der Waals surface area contributed by atoms with Gasteiger partial charge in [-0.25, -0.2) is 0 Å². The van der Waals surface area contributed by atoms with Crippen LogP contribution in [-0.2, 0) is 6.54 Å². The maximum absolute atomic E-state index is 5.65. The Morgan fingerprint density at radius 3 is 2.67 bits per heavy atom. The molecule has 5 heteroatoms. The lowest BCUT2D eigenvalue weighted by Gasteiger charge is -2.24. The molecule has 2 N–H and O–H groups in total. The second kappa shape index (κ2) is 4.61. The molecule has 0 radical (unpaired) electrons. The zero-order valence-electron chi connectivity index (χ0n) is 9.15. The first-order chi connectivity index (χ1) is 7.36. The summed E-state index contributed by atoms with van der Waals surface area (Å²) in [5.41, 5.74) is 5.65. The van der Waals surface area contributed by atoms with Crippen molar-refractivity contribution >= 4 is 0 Å². The standard InChI is InChI=1S/C10H18N4O/c1-15-10-13-12-9(7-11)14(10)8-5-3-2-4-6-8/h8H,2-7,11H2,1H3. The van der Waals surface area contributed by atoms with Gasteiger partial charge in [-0.1, -0.05) is 24.4 Å². The minimum Gasteiger partial charge on any atom is -0.467 e. The van der Waals surface area contributed by atoms with Gasteiger partial charge in [0.05, 0.1) is 13.7 Å². The van der Waals surface area contributed by atoms with Gasteiger partial charge in [0, 0.05) is 6.04 Å². The van der Waals surface area contributed by atoms with Crippen LogP contribution in [0.15, 0.2) is 0 Å². The van der Waals surface area contributed by atoms with Crippen molar-refractivity contribution < 1.29 is 4.74 Å². The summed E-state index contributed by atoms with van der Waals surface area (Å²) >= 11 is 0. The molecule has 5 nitrogen and oxygen atoms in total. The highest BCUT2D eigenvalue weighted by Gasteiger charge is 2.22. The Balaban J connectivity index is 2.26. The van der Waals surface area contributed by atoms with Gasteiger partial charge in [0.15, 0.2) is 0 Å².